The van der Waals surface area contributed by atoms with E-state index in [0.29, 0.717) is 37.3 Å². The molecule has 2 amide bonds. The van der Waals surface area contributed by atoms with E-state index in [1.165, 1.54) is 0 Å². The molecule has 1 N–H and O–H groups in total. The van der Waals surface area contributed by atoms with Gasteiger partial charge in [0, 0.05) is 63.2 Å². The lowest BCUT2D eigenvalue weighted by molar-refractivity contribution is 0.0240. The van der Waals surface area contributed by atoms with Gasteiger partial charge in [-0.25, -0.2) is 9.78 Å². The number of imidazole rings is 1. The number of fused-ring (bicyclic) bond motifs is 2. The van der Waals surface area contributed by atoms with Gasteiger partial charge in [-0.15, -0.1) is 0 Å². The lowest BCUT2D eigenvalue weighted by Crippen LogP contribution is -2.50. The molecule has 2 aromatic carbocycles. The molecule has 38 heavy (non-hydrogen) atoms. The van der Waals surface area contributed by atoms with Crippen molar-refractivity contribution in [3.8, 4) is 0 Å². The molecule has 4 aromatic rings. The Labute approximate surface area is 222 Å². The molecule has 5 rings (SSSR count). The van der Waals surface area contributed by atoms with Crippen molar-refractivity contribution in [3.05, 3.63) is 47.4 Å². The number of hydrogen-bond acceptors (Lipinski definition) is 6. The molecule has 0 aliphatic carbocycles. The Bertz CT molecular complexity index is 1550. The minimum Gasteiger partial charge on any atom is -0.444 e. The summed E-state index contributed by atoms with van der Waals surface area (Å²) < 4.78 is 9.28. The average molecular weight is 518 g/mol. The van der Waals surface area contributed by atoms with Crippen molar-refractivity contribution in [2.24, 2.45) is 14.1 Å². The quantitative estimate of drug-likeness (QED) is 0.433. The fourth-order valence-corrected chi connectivity index (χ4v) is 4.97. The molecule has 0 radical (unpaired) electrons. The molecule has 200 valence electrons. The number of carbonyl (C=O) groups is 2. The van der Waals surface area contributed by atoms with Crippen molar-refractivity contribution in [3.63, 3.8) is 0 Å². The summed E-state index contributed by atoms with van der Waals surface area (Å²) >= 11 is 0. The zero-order chi connectivity index (χ0) is 27.4. The van der Waals surface area contributed by atoms with Gasteiger partial charge in [0.15, 0.2) is 0 Å². The summed E-state index contributed by atoms with van der Waals surface area (Å²) in [5.41, 5.74) is 5.26. The molecule has 3 heterocycles. The van der Waals surface area contributed by atoms with Crippen LogP contribution in [0.2, 0.25) is 0 Å². The van der Waals surface area contributed by atoms with Crippen LogP contribution in [0, 0.1) is 13.8 Å². The Morgan fingerprint density at radius 2 is 1.71 bits per heavy atom. The fourth-order valence-electron chi connectivity index (χ4n) is 4.97. The Kier molecular flexibility index (Phi) is 6.28. The highest BCUT2D eigenvalue weighted by molar-refractivity contribution is 6.14. The summed E-state index contributed by atoms with van der Waals surface area (Å²) in [6, 6.07) is 7.70. The van der Waals surface area contributed by atoms with Crippen molar-refractivity contribution < 1.29 is 14.3 Å². The predicted molar refractivity (Wildman–Crippen MR) is 149 cm³/mol. The zero-order valence-corrected chi connectivity index (χ0v) is 23.1. The lowest BCUT2D eigenvalue weighted by Gasteiger charge is -2.37. The Morgan fingerprint density at radius 3 is 2.39 bits per heavy atom. The molecule has 10 nitrogen and oxygen atoms in total. The summed E-state index contributed by atoms with van der Waals surface area (Å²) in [6.45, 7) is 12.0. The van der Waals surface area contributed by atoms with E-state index in [-0.39, 0.29) is 12.0 Å². The number of nitrogens with one attached hydrogen (secondary N) is 1. The number of nitrogens with zero attached hydrogens (tertiary/aromatic N) is 6. The molecule has 1 fully saturated rings. The Balaban J connectivity index is 1.38. The van der Waals surface area contributed by atoms with E-state index < -0.39 is 5.60 Å². The molecule has 2 aromatic heterocycles. The van der Waals surface area contributed by atoms with Crippen LogP contribution in [0.5, 0.6) is 0 Å². The maximum atomic E-state index is 13.4. The van der Waals surface area contributed by atoms with Gasteiger partial charge < -0.3 is 24.4 Å². The number of anilines is 2. The molecule has 1 aliphatic rings. The molecule has 0 unspecified atom stereocenters. The highest BCUT2D eigenvalue weighted by Gasteiger charge is 2.27. The topological polar surface area (TPSA) is 97.5 Å². The maximum absolute atomic E-state index is 13.4. The maximum Gasteiger partial charge on any atom is 0.410 e. The van der Waals surface area contributed by atoms with E-state index in [1.54, 1.807) is 9.58 Å². The summed E-state index contributed by atoms with van der Waals surface area (Å²) in [4.78, 5) is 34.5. The first kappa shape index (κ1) is 25.6. The normalized spacial score (nSPS) is 14.4. The number of piperazine rings is 1. The third-order valence-corrected chi connectivity index (χ3v) is 6.94. The minimum absolute atomic E-state index is 0.215. The number of benzene rings is 2. The van der Waals surface area contributed by atoms with Crippen molar-refractivity contribution in [1.29, 1.82) is 0 Å². The summed E-state index contributed by atoms with van der Waals surface area (Å²) in [6.07, 6.45) is 1.65. The molecule has 0 bridgehead atoms. The first-order chi connectivity index (χ1) is 17.9. The van der Waals surface area contributed by atoms with Gasteiger partial charge in [0.05, 0.1) is 16.6 Å². The van der Waals surface area contributed by atoms with E-state index in [9.17, 15) is 9.59 Å². The summed E-state index contributed by atoms with van der Waals surface area (Å²) in [5.74, 6) is 0.705. The van der Waals surface area contributed by atoms with Gasteiger partial charge >= 0.3 is 6.09 Å². The summed E-state index contributed by atoms with van der Waals surface area (Å²) in [5, 5.41) is 8.60. The smallest absolute Gasteiger partial charge is 0.410 e. The first-order valence-corrected chi connectivity index (χ1v) is 12.9. The van der Waals surface area contributed by atoms with Gasteiger partial charge in [-0.2, -0.15) is 5.10 Å². The number of aromatic nitrogens is 4. The third-order valence-electron chi connectivity index (χ3n) is 6.94. The van der Waals surface area contributed by atoms with Gasteiger partial charge in [0.25, 0.3) is 5.91 Å². The van der Waals surface area contributed by atoms with E-state index >= 15 is 0 Å². The second-order valence-electron chi connectivity index (χ2n) is 11.0. The molecule has 10 heteroatoms. The van der Waals surface area contributed by atoms with Crippen molar-refractivity contribution in [2.75, 3.05) is 36.4 Å². The van der Waals surface area contributed by atoms with Crippen LogP contribution < -0.4 is 10.2 Å². The number of aryl methyl sites for hydroxylation is 4. The first-order valence-electron chi connectivity index (χ1n) is 12.9. The number of carbonyl (C=O) groups excluding carboxylic acids is 2. The zero-order valence-electron chi connectivity index (χ0n) is 23.1. The Hall–Kier alpha value is -4.08. The van der Waals surface area contributed by atoms with Crippen molar-refractivity contribution >= 4 is 45.3 Å². The average Bonchev–Trinajstić information content (AvgIpc) is 3.37. The minimum atomic E-state index is -0.520. The molecule has 0 spiro atoms. The van der Waals surface area contributed by atoms with Crippen LogP contribution in [0.25, 0.3) is 21.9 Å². The van der Waals surface area contributed by atoms with Gasteiger partial charge in [0.1, 0.15) is 16.9 Å². The van der Waals surface area contributed by atoms with E-state index in [4.69, 9.17) is 4.74 Å². The van der Waals surface area contributed by atoms with Gasteiger partial charge in [-0.05, 0) is 64.4 Å². The third kappa shape index (κ3) is 4.78. The van der Waals surface area contributed by atoms with Crippen molar-refractivity contribution in [2.45, 2.75) is 40.2 Å². The summed E-state index contributed by atoms with van der Waals surface area (Å²) in [7, 11) is 3.83. The van der Waals surface area contributed by atoms with Crippen LogP contribution in [-0.2, 0) is 18.8 Å². The molecule has 1 aliphatic heterocycles. The molecule has 1 saturated heterocycles. The van der Waals surface area contributed by atoms with Gasteiger partial charge in [0.2, 0.25) is 0 Å². The van der Waals surface area contributed by atoms with Crippen molar-refractivity contribution in [1.82, 2.24) is 24.2 Å². The Morgan fingerprint density at radius 1 is 1.00 bits per heavy atom. The van der Waals surface area contributed by atoms with Gasteiger partial charge in [-0.3, -0.25) is 9.48 Å². The van der Waals surface area contributed by atoms with Crippen LogP contribution in [0.15, 0.2) is 30.5 Å². The standard InChI is InChI=1S/C28H35N7O3/c1-17-14-19(15-23-24(17)29-18(2)33(23)7)30-26(36)20-8-9-22(21-16-32(6)31-25(20)21)34-10-12-35(13-11-34)27(37)38-28(3,4)5/h8-9,14-16H,10-13H2,1-7H3,(H,30,36). The SMILES string of the molecule is Cc1cc(NC(=O)c2ccc(N3CCN(C(=O)OC(C)(C)C)CC3)c3cn(C)nc23)cc2c1nc(C)n2C. The van der Waals surface area contributed by atoms with Crippen LogP contribution in [0.1, 0.15) is 42.5 Å². The molecule has 0 saturated carbocycles. The van der Waals surface area contributed by atoms with E-state index in [1.807, 2.05) is 83.7 Å². The fraction of sp³-hybridized carbons (Fsp3) is 0.429. The molecular weight excluding hydrogens is 482 g/mol. The highest BCUT2D eigenvalue weighted by atomic mass is 16.6. The van der Waals surface area contributed by atoms with Crippen LogP contribution in [-0.4, -0.2) is 68.0 Å². The highest BCUT2D eigenvalue weighted by Crippen LogP contribution is 2.31. The van der Waals surface area contributed by atoms with Crippen LogP contribution in [0.3, 0.4) is 0 Å². The second kappa shape index (κ2) is 9.34. The van der Waals surface area contributed by atoms with Crippen LogP contribution in [0.4, 0.5) is 16.2 Å². The number of ether oxygens (including phenoxy) is 1. The number of hydrogen-bond donors (Lipinski definition) is 1. The van der Waals surface area contributed by atoms with Crippen LogP contribution >= 0.6 is 0 Å². The largest absolute Gasteiger partial charge is 0.444 e. The van der Waals surface area contributed by atoms with E-state index in [2.05, 4.69) is 20.3 Å². The second-order valence-corrected chi connectivity index (χ2v) is 11.0. The monoisotopic (exact) mass is 517 g/mol. The number of amides is 2. The van der Waals surface area contributed by atoms with Gasteiger partial charge in [-0.1, -0.05) is 0 Å². The predicted octanol–water partition coefficient (Wildman–Crippen LogP) is 4.39. The molecular formula is C28H35N7O3. The number of rotatable bonds is 3. The molecule has 0 atom stereocenters. The lowest BCUT2D eigenvalue weighted by atomic mass is 10.1. The van der Waals surface area contributed by atoms with E-state index in [0.717, 1.165) is 39.2 Å².